The molecular weight excluding hydrogens is 494 g/mol. The molecule has 2 aromatic heterocycles. The third kappa shape index (κ3) is 5.32. The van der Waals surface area contributed by atoms with Gasteiger partial charge in [0, 0.05) is 47.0 Å². The summed E-state index contributed by atoms with van der Waals surface area (Å²) in [4.78, 5) is 24.7. The summed E-state index contributed by atoms with van der Waals surface area (Å²) < 4.78 is 1.55. The summed E-state index contributed by atoms with van der Waals surface area (Å²) in [7, 11) is 5.86. The maximum Gasteiger partial charge on any atom is 0.259 e. The Morgan fingerprint density at radius 1 is 0.947 bits per heavy atom. The summed E-state index contributed by atoms with van der Waals surface area (Å²) in [6, 6.07) is 24.0. The number of pyridine rings is 1. The molecule has 0 aliphatic heterocycles. The van der Waals surface area contributed by atoms with Gasteiger partial charge in [-0.3, -0.25) is 9.36 Å². The zero-order valence-electron chi connectivity index (χ0n) is 22.0. The summed E-state index contributed by atoms with van der Waals surface area (Å²) in [6.07, 6.45) is 2.72. The van der Waals surface area contributed by atoms with E-state index in [0.29, 0.717) is 27.7 Å². The number of halogens is 1. The number of benzene rings is 3. The first kappa shape index (κ1) is 25.6. The highest BCUT2D eigenvalue weighted by Crippen LogP contribution is 2.33. The molecule has 192 valence electrons. The van der Waals surface area contributed by atoms with Gasteiger partial charge in [0.05, 0.1) is 0 Å². The molecule has 6 nitrogen and oxygen atoms in total. The van der Waals surface area contributed by atoms with Crippen LogP contribution in [0.2, 0.25) is 5.02 Å². The van der Waals surface area contributed by atoms with E-state index in [9.17, 15) is 4.79 Å². The lowest BCUT2D eigenvalue weighted by molar-refractivity contribution is 0.413. The van der Waals surface area contributed by atoms with Crippen molar-refractivity contribution in [2.45, 2.75) is 13.3 Å². The largest absolute Gasteiger partial charge is 0.324 e. The van der Waals surface area contributed by atoms with E-state index in [0.717, 1.165) is 35.2 Å². The lowest BCUT2D eigenvalue weighted by Crippen LogP contribution is -2.20. The fourth-order valence-electron chi connectivity index (χ4n) is 4.53. The molecule has 0 atom stereocenters. The van der Waals surface area contributed by atoms with Crippen LogP contribution < -0.4 is 10.9 Å². The Labute approximate surface area is 227 Å². The minimum absolute atomic E-state index is 0.169. The summed E-state index contributed by atoms with van der Waals surface area (Å²) in [5.41, 5.74) is 7.03. The smallest absolute Gasteiger partial charge is 0.259 e. The van der Waals surface area contributed by atoms with E-state index in [1.807, 2.05) is 48.5 Å². The van der Waals surface area contributed by atoms with E-state index in [4.69, 9.17) is 11.6 Å². The van der Waals surface area contributed by atoms with Gasteiger partial charge in [0.2, 0.25) is 5.95 Å². The molecule has 0 aliphatic rings. The fraction of sp³-hybridized carbons (Fsp3) is 0.194. The van der Waals surface area contributed by atoms with Crippen molar-refractivity contribution in [3.05, 3.63) is 105 Å². The Morgan fingerprint density at radius 2 is 1.71 bits per heavy atom. The fourth-order valence-corrected chi connectivity index (χ4v) is 4.82. The number of nitrogens with one attached hydrogen (secondary N) is 1. The first-order valence-electron chi connectivity index (χ1n) is 12.5. The van der Waals surface area contributed by atoms with Crippen LogP contribution in [-0.4, -0.2) is 40.1 Å². The molecule has 38 heavy (non-hydrogen) atoms. The molecule has 0 unspecified atom stereocenters. The predicted molar refractivity (Wildman–Crippen MR) is 157 cm³/mol. The summed E-state index contributed by atoms with van der Waals surface area (Å²) >= 11 is 6.71. The molecular formula is C31H30ClN5O. The third-order valence-corrected chi connectivity index (χ3v) is 7.03. The molecule has 5 rings (SSSR count). The maximum atomic E-state index is 13.4. The van der Waals surface area contributed by atoms with Crippen molar-refractivity contribution in [1.29, 1.82) is 0 Å². The highest BCUT2D eigenvalue weighted by Gasteiger charge is 2.15. The number of likely N-dealkylation sites (N-methyl/N-ethyl adjacent to an activating group) is 1. The molecule has 7 heteroatoms. The predicted octanol–water partition coefficient (Wildman–Crippen LogP) is 6.47. The van der Waals surface area contributed by atoms with Crippen molar-refractivity contribution in [1.82, 2.24) is 19.4 Å². The molecule has 0 amide bonds. The van der Waals surface area contributed by atoms with Gasteiger partial charge in [-0.15, -0.1) is 0 Å². The molecule has 3 aromatic carbocycles. The summed E-state index contributed by atoms with van der Waals surface area (Å²) in [5.74, 6) is 0.432. The number of fused-ring (bicyclic) bond motifs is 1. The zero-order chi connectivity index (χ0) is 26.8. The Hall–Kier alpha value is -4.00. The van der Waals surface area contributed by atoms with Crippen molar-refractivity contribution in [2.24, 2.45) is 7.05 Å². The van der Waals surface area contributed by atoms with Gasteiger partial charge < -0.3 is 10.2 Å². The standard InChI is InChI=1S/C31H30ClN5O/c1-20-7-5-6-8-25(20)22-11-14-26(28(32)18-22)27-17-23-19-33-31(35-29(23)37(4)30(27)38)34-24-12-9-21(10-13-24)15-16-36(2)3/h5-14,17-19H,15-16H2,1-4H3,(H,33,34,35). The minimum atomic E-state index is -0.169. The van der Waals surface area contributed by atoms with Gasteiger partial charge in [0.15, 0.2) is 0 Å². The molecule has 0 fully saturated rings. The van der Waals surface area contributed by atoms with Gasteiger partial charge in [-0.1, -0.05) is 60.1 Å². The second-order valence-electron chi connectivity index (χ2n) is 9.78. The van der Waals surface area contributed by atoms with Crippen LogP contribution in [0.25, 0.3) is 33.3 Å². The SMILES string of the molecule is Cc1ccccc1-c1ccc(-c2cc3cnc(Nc4ccc(CCN(C)C)cc4)nc3n(C)c2=O)c(Cl)c1. The summed E-state index contributed by atoms with van der Waals surface area (Å²) in [5, 5.41) is 4.53. The number of hydrogen-bond donors (Lipinski definition) is 1. The molecule has 2 heterocycles. The van der Waals surface area contributed by atoms with Gasteiger partial charge in [-0.2, -0.15) is 4.98 Å². The maximum absolute atomic E-state index is 13.4. The first-order valence-corrected chi connectivity index (χ1v) is 12.9. The van der Waals surface area contributed by atoms with Crippen LogP contribution in [0.15, 0.2) is 83.8 Å². The van der Waals surface area contributed by atoms with Gasteiger partial charge in [0.25, 0.3) is 5.56 Å². The van der Waals surface area contributed by atoms with Crippen molar-refractivity contribution in [2.75, 3.05) is 26.0 Å². The van der Waals surface area contributed by atoms with Crippen LogP contribution in [0.4, 0.5) is 11.6 Å². The molecule has 0 bridgehead atoms. The van der Waals surface area contributed by atoms with Gasteiger partial charge in [0.1, 0.15) is 5.65 Å². The zero-order valence-corrected chi connectivity index (χ0v) is 22.8. The summed E-state index contributed by atoms with van der Waals surface area (Å²) in [6.45, 7) is 3.07. The highest BCUT2D eigenvalue weighted by atomic mass is 35.5. The number of aromatic nitrogens is 3. The first-order chi connectivity index (χ1) is 18.3. The monoisotopic (exact) mass is 523 g/mol. The van der Waals surface area contributed by atoms with Crippen molar-refractivity contribution in [3.8, 4) is 22.3 Å². The normalized spacial score (nSPS) is 11.3. The molecule has 5 aromatic rings. The second kappa shape index (κ2) is 10.8. The van der Waals surface area contributed by atoms with Crippen LogP contribution in [0, 0.1) is 6.92 Å². The number of anilines is 2. The highest BCUT2D eigenvalue weighted by molar-refractivity contribution is 6.33. The average molecular weight is 524 g/mol. The van der Waals surface area contributed by atoms with E-state index in [-0.39, 0.29) is 5.56 Å². The molecule has 0 saturated heterocycles. The molecule has 0 spiro atoms. The Bertz CT molecular complexity index is 1680. The Balaban J connectivity index is 1.44. The third-order valence-electron chi connectivity index (χ3n) is 6.72. The number of aryl methyl sites for hydroxylation is 2. The number of nitrogens with zero attached hydrogens (tertiary/aromatic N) is 4. The van der Waals surface area contributed by atoms with E-state index >= 15 is 0 Å². The van der Waals surface area contributed by atoms with Crippen LogP contribution in [0.5, 0.6) is 0 Å². The Morgan fingerprint density at radius 3 is 2.42 bits per heavy atom. The van der Waals surface area contributed by atoms with Crippen LogP contribution >= 0.6 is 11.6 Å². The lowest BCUT2D eigenvalue weighted by Gasteiger charge is -2.13. The molecule has 0 radical (unpaired) electrons. The van der Waals surface area contributed by atoms with Gasteiger partial charge in [-0.05, 0) is 74.0 Å². The van der Waals surface area contributed by atoms with Gasteiger partial charge >= 0.3 is 0 Å². The quantitative estimate of drug-likeness (QED) is 0.265. The van der Waals surface area contributed by atoms with Crippen LogP contribution in [0.1, 0.15) is 11.1 Å². The molecule has 0 saturated carbocycles. The van der Waals surface area contributed by atoms with E-state index in [2.05, 4.69) is 65.5 Å². The molecule has 1 N–H and O–H groups in total. The molecule has 0 aliphatic carbocycles. The van der Waals surface area contributed by atoms with E-state index < -0.39 is 0 Å². The Kier molecular flexibility index (Phi) is 7.27. The van der Waals surface area contributed by atoms with Crippen molar-refractivity contribution < 1.29 is 0 Å². The topological polar surface area (TPSA) is 63.1 Å². The number of hydrogen-bond acceptors (Lipinski definition) is 5. The van der Waals surface area contributed by atoms with E-state index in [1.54, 1.807) is 17.8 Å². The van der Waals surface area contributed by atoms with Gasteiger partial charge in [-0.25, -0.2) is 4.98 Å². The lowest BCUT2D eigenvalue weighted by atomic mass is 9.97. The van der Waals surface area contributed by atoms with Crippen LogP contribution in [-0.2, 0) is 13.5 Å². The van der Waals surface area contributed by atoms with Crippen molar-refractivity contribution >= 4 is 34.3 Å². The minimum Gasteiger partial charge on any atom is -0.324 e. The average Bonchev–Trinajstić information content (AvgIpc) is 2.91. The van der Waals surface area contributed by atoms with Crippen molar-refractivity contribution in [3.63, 3.8) is 0 Å². The van der Waals surface area contributed by atoms with Crippen LogP contribution in [0.3, 0.4) is 0 Å². The number of rotatable bonds is 7. The van der Waals surface area contributed by atoms with E-state index in [1.165, 1.54) is 11.1 Å². The second-order valence-corrected chi connectivity index (χ2v) is 10.2.